The van der Waals surface area contributed by atoms with Crippen molar-refractivity contribution >= 4 is 11.7 Å². The molecule has 28 heavy (non-hydrogen) atoms. The van der Waals surface area contributed by atoms with Gasteiger partial charge >= 0.3 is 0 Å². The lowest BCUT2D eigenvalue weighted by atomic mass is 10.1. The first kappa shape index (κ1) is 18.2. The Morgan fingerprint density at radius 1 is 0.893 bits per heavy atom. The molecular weight excluding hydrogens is 352 g/mol. The van der Waals surface area contributed by atoms with E-state index in [4.69, 9.17) is 0 Å². The number of nitrogens with zero attached hydrogens (tertiary/aromatic N) is 6. The first-order valence-corrected chi connectivity index (χ1v) is 9.50. The van der Waals surface area contributed by atoms with Gasteiger partial charge in [-0.25, -0.2) is 4.68 Å². The van der Waals surface area contributed by atoms with Crippen molar-refractivity contribution in [3.05, 3.63) is 65.0 Å². The number of hydrogen-bond donors (Lipinski definition) is 0. The monoisotopic (exact) mass is 376 g/mol. The van der Waals surface area contributed by atoms with Crippen LogP contribution in [0.5, 0.6) is 0 Å². The summed E-state index contributed by atoms with van der Waals surface area (Å²) >= 11 is 0. The van der Waals surface area contributed by atoms with Crippen LogP contribution in [0.25, 0.3) is 5.82 Å². The molecule has 2 aromatic heterocycles. The fourth-order valence-corrected chi connectivity index (χ4v) is 3.58. The van der Waals surface area contributed by atoms with Crippen LogP contribution < -0.4 is 4.90 Å². The summed E-state index contributed by atoms with van der Waals surface area (Å²) in [4.78, 5) is 16.8. The van der Waals surface area contributed by atoms with E-state index in [0.717, 1.165) is 41.4 Å². The Labute approximate surface area is 164 Å². The lowest BCUT2D eigenvalue weighted by Crippen LogP contribution is -2.49. The van der Waals surface area contributed by atoms with Crippen LogP contribution in [0, 0.1) is 20.8 Å². The third-order valence-electron chi connectivity index (χ3n) is 5.13. The molecule has 1 aliphatic rings. The SMILES string of the molecule is Cc1cc(C)n(-c2ccc(N3CCN(C(=O)c4ccccc4C)CC3)nn2)n1. The molecule has 0 saturated carbocycles. The van der Waals surface area contributed by atoms with Crippen molar-refractivity contribution in [3.8, 4) is 5.82 Å². The lowest BCUT2D eigenvalue weighted by Gasteiger charge is -2.35. The second-order valence-corrected chi connectivity index (χ2v) is 7.18. The number of rotatable bonds is 3. The molecule has 0 radical (unpaired) electrons. The van der Waals surface area contributed by atoms with Crippen molar-refractivity contribution in [2.75, 3.05) is 31.1 Å². The maximum absolute atomic E-state index is 12.8. The number of hydrogen-bond acceptors (Lipinski definition) is 5. The Balaban J connectivity index is 1.42. The van der Waals surface area contributed by atoms with Crippen LogP contribution >= 0.6 is 0 Å². The van der Waals surface area contributed by atoms with E-state index in [2.05, 4.69) is 20.2 Å². The van der Waals surface area contributed by atoms with Gasteiger partial charge in [-0.15, -0.1) is 10.2 Å². The largest absolute Gasteiger partial charge is 0.352 e. The highest BCUT2D eigenvalue weighted by Crippen LogP contribution is 2.17. The summed E-state index contributed by atoms with van der Waals surface area (Å²) in [6.07, 6.45) is 0. The van der Waals surface area contributed by atoms with E-state index in [1.54, 1.807) is 4.68 Å². The molecule has 1 aliphatic heterocycles. The van der Waals surface area contributed by atoms with Gasteiger partial charge in [0.1, 0.15) is 0 Å². The van der Waals surface area contributed by atoms with Gasteiger partial charge in [0.2, 0.25) is 0 Å². The van der Waals surface area contributed by atoms with Gasteiger partial charge in [-0.05, 0) is 50.6 Å². The number of carbonyl (C=O) groups is 1. The molecule has 1 fully saturated rings. The van der Waals surface area contributed by atoms with Crippen LogP contribution in [-0.2, 0) is 0 Å². The molecule has 1 amide bonds. The zero-order valence-corrected chi connectivity index (χ0v) is 16.5. The fourth-order valence-electron chi connectivity index (χ4n) is 3.58. The summed E-state index contributed by atoms with van der Waals surface area (Å²) < 4.78 is 1.80. The standard InChI is InChI=1S/C21H24N6O/c1-15-6-4-5-7-18(15)21(28)26-12-10-25(11-13-26)19-8-9-20(23-22-19)27-17(3)14-16(2)24-27/h4-9,14H,10-13H2,1-3H3. The van der Waals surface area contributed by atoms with Gasteiger partial charge in [-0.3, -0.25) is 4.79 Å². The van der Waals surface area contributed by atoms with Crippen LogP contribution in [0.2, 0.25) is 0 Å². The maximum atomic E-state index is 12.8. The van der Waals surface area contributed by atoms with E-state index in [1.165, 1.54) is 0 Å². The predicted octanol–water partition coefficient (Wildman–Crippen LogP) is 2.55. The summed E-state index contributed by atoms with van der Waals surface area (Å²) in [5.74, 6) is 1.64. The summed E-state index contributed by atoms with van der Waals surface area (Å²) in [6.45, 7) is 8.77. The second-order valence-electron chi connectivity index (χ2n) is 7.18. The van der Waals surface area contributed by atoms with Crippen LogP contribution in [0.15, 0.2) is 42.5 Å². The first-order valence-electron chi connectivity index (χ1n) is 9.50. The van der Waals surface area contributed by atoms with Crippen molar-refractivity contribution < 1.29 is 4.79 Å². The fraction of sp³-hybridized carbons (Fsp3) is 0.333. The molecule has 1 aromatic carbocycles. The van der Waals surface area contributed by atoms with Gasteiger partial charge in [0.25, 0.3) is 5.91 Å². The predicted molar refractivity (Wildman–Crippen MR) is 108 cm³/mol. The smallest absolute Gasteiger partial charge is 0.254 e. The molecule has 3 aromatic rings. The number of amides is 1. The highest BCUT2D eigenvalue weighted by molar-refractivity contribution is 5.95. The third kappa shape index (κ3) is 3.47. The molecule has 3 heterocycles. The van der Waals surface area contributed by atoms with Crippen LogP contribution in [0.3, 0.4) is 0 Å². The molecule has 0 N–H and O–H groups in total. The van der Waals surface area contributed by atoms with Crippen LogP contribution in [0.1, 0.15) is 27.3 Å². The van der Waals surface area contributed by atoms with E-state index < -0.39 is 0 Å². The Morgan fingerprint density at radius 2 is 1.57 bits per heavy atom. The van der Waals surface area contributed by atoms with Crippen molar-refractivity contribution in [3.63, 3.8) is 0 Å². The molecule has 4 rings (SSSR count). The highest BCUT2D eigenvalue weighted by atomic mass is 16.2. The lowest BCUT2D eigenvalue weighted by molar-refractivity contribution is 0.0745. The molecule has 0 aliphatic carbocycles. The number of benzene rings is 1. The van der Waals surface area contributed by atoms with E-state index in [9.17, 15) is 4.79 Å². The Kier molecular flexibility index (Phi) is 4.81. The van der Waals surface area contributed by atoms with Gasteiger partial charge < -0.3 is 9.80 Å². The topological polar surface area (TPSA) is 67.2 Å². The summed E-state index contributed by atoms with van der Waals surface area (Å²) in [6, 6.07) is 13.7. The molecule has 7 heteroatoms. The second kappa shape index (κ2) is 7.42. The molecule has 0 unspecified atom stereocenters. The molecule has 0 spiro atoms. The normalized spacial score (nSPS) is 14.4. The Hall–Kier alpha value is -3.22. The zero-order valence-electron chi connectivity index (χ0n) is 16.5. The van der Waals surface area contributed by atoms with E-state index >= 15 is 0 Å². The molecule has 0 atom stereocenters. The molecule has 1 saturated heterocycles. The first-order chi connectivity index (χ1) is 13.5. The number of aryl methyl sites for hydroxylation is 3. The number of anilines is 1. The summed E-state index contributed by atoms with van der Waals surface area (Å²) in [7, 11) is 0. The Bertz CT molecular complexity index is 986. The number of carbonyl (C=O) groups excluding carboxylic acids is 1. The van der Waals surface area contributed by atoms with Gasteiger partial charge in [-0.2, -0.15) is 5.10 Å². The van der Waals surface area contributed by atoms with E-state index in [1.807, 2.05) is 68.1 Å². The van der Waals surface area contributed by atoms with Crippen molar-refractivity contribution in [2.24, 2.45) is 0 Å². The number of aromatic nitrogens is 4. The molecule has 7 nitrogen and oxygen atoms in total. The van der Waals surface area contributed by atoms with Crippen molar-refractivity contribution in [1.82, 2.24) is 24.9 Å². The molecule has 0 bridgehead atoms. The minimum Gasteiger partial charge on any atom is -0.352 e. The van der Waals surface area contributed by atoms with E-state index in [0.29, 0.717) is 18.9 Å². The van der Waals surface area contributed by atoms with Crippen LogP contribution in [0.4, 0.5) is 5.82 Å². The third-order valence-corrected chi connectivity index (χ3v) is 5.13. The Morgan fingerprint density at radius 3 is 2.18 bits per heavy atom. The number of piperazine rings is 1. The van der Waals surface area contributed by atoms with Crippen molar-refractivity contribution in [2.45, 2.75) is 20.8 Å². The van der Waals surface area contributed by atoms with Crippen molar-refractivity contribution in [1.29, 1.82) is 0 Å². The average Bonchev–Trinajstić information content (AvgIpc) is 3.06. The van der Waals surface area contributed by atoms with Gasteiger partial charge in [-0.1, -0.05) is 18.2 Å². The quantitative estimate of drug-likeness (QED) is 0.703. The van der Waals surface area contributed by atoms with Gasteiger partial charge in [0.05, 0.1) is 5.69 Å². The van der Waals surface area contributed by atoms with Gasteiger partial charge in [0, 0.05) is 37.4 Å². The minimum atomic E-state index is 0.101. The van der Waals surface area contributed by atoms with Crippen LogP contribution in [-0.4, -0.2) is 57.0 Å². The highest BCUT2D eigenvalue weighted by Gasteiger charge is 2.24. The minimum absolute atomic E-state index is 0.101. The zero-order chi connectivity index (χ0) is 19.7. The van der Waals surface area contributed by atoms with Gasteiger partial charge in [0.15, 0.2) is 11.6 Å². The summed E-state index contributed by atoms with van der Waals surface area (Å²) in [5.41, 5.74) is 3.78. The maximum Gasteiger partial charge on any atom is 0.254 e. The molecular formula is C21H24N6O. The summed E-state index contributed by atoms with van der Waals surface area (Å²) in [5, 5.41) is 13.2. The van der Waals surface area contributed by atoms with E-state index in [-0.39, 0.29) is 5.91 Å². The molecule has 144 valence electrons. The average molecular weight is 376 g/mol.